The highest BCUT2D eigenvalue weighted by Gasteiger charge is 2.04. The van der Waals surface area contributed by atoms with Gasteiger partial charge in [-0.2, -0.15) is 0 Å². The molecule has 90 valence electrons. The van der Waals surface area contributed by atoms with Crippen LogP contribution in [0, 0.1) is 0 Å². The Hall–Kier alpha value is -1.26. The first-order valence-electron chi connectivity index (χ1n) is 5.43. The van der Waals surface area contributed by atoms with Crippen LogP contribution >= 0.6 is 0 Å². The number of benzene rings is 1. The third-order valence-corrected chi connectivity index (χ3v) is 2.36. The van der Waals surface area contributed by atoms with Crippen molar-refractivity contribution >= 4 is 0 Å². The molecule has 1 aromatic carbocycles. The molecule has 0 saturated heterocycles. The molecule has 0 aliphatic carbocycles. The third-order valence-electron chi connectivity index (χ3n) is 2.36. The fraction of sp³-hybridized carbons (Fsp3) is 0.500. The normalized spacial score (nSPS) is 10.2. The molecule has 4 nitrogen and oxygen atoms in total. The van der Waals surface area contributed by atoms with E-state index in [1.807, 2.05) is 18.2 Å². The van der Waals surface area contributed by atoms with Crippen molar-refractivity contribution in [3.05, 3.63) is 23.8 Å². The molecular formula is C12H20N2O2. The molecule has 0 bridgehead atoms. The number of nitrogens with one attached hydrogen (secondary N) is 1. The van der Waals surface area contributed by atoms with Gasteiger partial charge in [-0.05, 0) is 37.7 Å². The summed E-state index contributed by atoms with van der Waals surface area (Å²) < 4.78 is 10.5. The molecule has 4 heteroatoms. The Bertz CT molecular complexity index is 316. The van der Waals surface area contributed by atoms with E-state index in [4.69, 9.17) is 15.2 Å². The molecule has 0 atom stereocenters. The van der Waals surface area contributed by atoms with Crippen LogP contribution in [0.25, 0.3) is 0 Å². The van der Waals surface area contributed by atoms with E-state index in [1.165, 1.54) is 0 Å². The van der Waals surface area contributed by atoms with E-state index in [1.54, 1.807) is 14.2 Å². The van der Waals surface area contributed by atoms with Crippen molar-refractivity contribution in [3.63, 3.8) is 0 Å². The zero-order valence-corrected chi connectivity index (χ0v) is 9.95. The van der Waals surface area contributed by atoms with Crippen LogP contribution in [0.15, 0.2) is 18.2 Å². The van der Waals surface area contributed by atoms with Crippen LogP contribution in [0.5, 0.6) is 11.5 Å². The molecule has 0 aliphatic rings. The molecule has 0 aromatic heterocycles. The van der Waals surface area contributed by atoms with Gasteiger partial charge in [-0.1, -0.05) is 0 Å². The van der Waals surface area contributed by atoms with Gasteiger partial charge < -0.3 is 20.5 Å². The van der Waals surface area contributed by atoms with Crippen molar-refractivity contribution in [2.45, 2.75) is 13.0 Å². The maximum absolute atomic E-state index is 5.42. The van der Waals surface area contributed by atoms with E-state index in [9.17, 15) is 0 Å². The highest BCUT2D eigenvalue weighted by molar-refractivity contribution is 5.40. The van der Waals surface area contributed by atoms with E-state index in [-0.39, 0.29) is 0 Å². The third kappa shape index (κ3) is 3.72. The maximum atomic E-state index is 5.42. The Kier molecular flexibility index (Phi) is 5.67. The molecule has 0 spiro atoms. The summed E-state index contributed by atoms with van der Waals surface area (Å²) in [6.07, 6.45) is 0.978. The number of ether oxygens (including phenoxy) is 2. The molecular weight excluding hydrogens is 204 g/mol. The van der Waals surface area contributed by atoms with Crippen molar-refractivity contribution in [2.75, 3.05) is 27.3 Å². The molecule has 0 radical (unpaired) electrons. The molecule has 0 aliphatic heterocycles. The van der Waals surface area contributed by atoms with Gasteiger partial charge in [0.1, 0.15) is 11.5 Å². The van der Waals surface area contributed by atoms with Gasteiger partial charge in [0, 0.05) is 12.1 Å². The van der Waals surface area contributed by atoms with Crippen molar-refractivity contribution < 1.29 is 9.47 Å². The van der Waals surface area contributed by atoms with Gasteiger partial charge in [-0.15, -0.1) is 0 Å². The molecule has 0 saturated carbocycles. The topological polar surface area (TPSA) is 56.5 Å². The first kappa shape index (κ1) is 12.8. The summed E-state index contributed by atoms with van der Waals surface area (Å²) in [4.78, 5) is 0. The number of methoxy groups -OCH3 is 2. The van der Waals surface area contributed by atoms with Crippen LogP contribution in [-0.4, -0.2) is 27.3 Å². The zero-order chi connectivity index (χ0) is 11.8. The fourth-order valence-corrected chi connectivity index (χ4v) is 1.47. The zero-order valence-electron chi connectivity index (χ0n) is 9.95. The minimum Gasteiger partial charge on any atom is -0.497 e. The Morgan fingerprint density at radius 1 is 1.25 bits per heavy atom. The number of nitrogens with two attached hydrogens (primary N) is 1. The van der Waals surface area contributed by atoms with Gasteiger partial charge in [0.05, 0.1) is 14.2 Å². The van der Waals surface area contributed by atoms with Crippen molar-refractivity contribution in [1.29, 1.82) is 0 Å². The SMILES string of the molecule is COc1ccc(OC)c(CNCCCN)c1. The van der Waals surface area contributed by atoms with E-state index >= 15 is 0 Å². The van der Waals surface area contributed by atoms with Crippen LogP contribution in [0.3, 0.4) is 0 Å². The summed E-state index contributed by atoms with van der Waals surface area (Å²) in [6, 6.07) is 5.79. The monoisotopic (exact) mass is 224 g/mol. The molecule has 0 fully saturated rings. The number of hydrogen-bond acceptors (Lipinski definition) is 4. The Balaban J connectivity index is 2.60. The second-order valence-corrected chi connectivity index (χ2v) is 3.50. The molecule has 1 rings (SSSR count). The van der Waals surface area contributed by atoms with Crippen LogP contribution < -0.4 is 20.5 Å². The van der Waals surface area contributed by atoms with Gasteiger partial charge >= 0.3 is 0 Å². The minimum atomic E-state index is 0.711. The van der Waals surface area contributed by atoms with Gasteiger partial charge in [0.15, 0.2) is 0 Å². The number of hydrogen-bond donors (Lipinski definition) is 2. The maximum Gasteiger partial charge on any atom is 0.123 e. The molecule has 3 N–H and O–H groups in total. The van der Waals surface area contributed by atoms with Crippen molar-refractivity contribution in [1.82, 2.24) is 5.32 Å². The fourth-order valence-electron chi connectivity index (χ4n) is 1.47. The summed E-state index contributed by atoms with van der Waals surface area (Å²) in [5.74, 6) is 1.72. The average molecular weight is 224 g/mol. The lowest BCUT2D eigenvalue weighted by Gasteiger charge is -2.11. The van der Waals surface area contributed by atoms with E-state index < -0.39 is 0 Å². The average Bonchev–Trinajstić information content (AvgIpc) is 2.34. The molecule has 16 heavy (non-hydrogen) atoms. The summed E-state index contributed by atoms with van der Waals surface area (Å²) in [5, 5.41) is 3.31. The van der Waals surface area contributed by atoms with Crippen LogP contribution in [0.1, 0.15) is 12.0 Å². The molecule has 0 amide bonds. The molecule has 0 unspecified atom stereocenters. The van der Waals surface area contributed by atoms with Crippen LogP contribution in [0.2, 0.25) is 0 Å². The molecule has 1 aromatic rings. The summed E-state index contributed by atoms with van der Waals surface area (Å²) in [7, 11) is 3.33. The van der Waals surface area contributed by atoms with Crippen LogP contribution in [0.4, 0.5) is 0 Å². The quantitative estimate of drug-likeness (QED) is 0.682. The second kappa shape index (κ2) is 7.09. The van der Waals surface area contributed by atoms with Crippen molar-refractivity contribution in [2.24, 2.45) is 5.73 Å². The number of rotatable bonds is 7. The second-order valence-electron chi connectivity index (χ2n) is 3.50. The summed E-state index contributed by atoms with van der Waals surface area (Å²) in [6.45, 7) is 2.39. The van der Waals surface area contributed by atoms with Gasteiger partial charge in [0.25, 0.3) is 0 Å². The van der Waals surface area contributed by atoms with E-state index in [2.05, 4.69) is 5.32 Å². The van der Waals surface area contributed by atoms with Gasteiger partial charge in [-0.25, -0.2) is 0 Å². The Morgan fingerprint density at radius 3 is 2.69 bits per heavy atom. The van der Waals surface area contributed by atoms with Gasteiger partial charge in [-0.3, -0.25) is 0 Å². The van der Waals surface area contributed by atoms with E-state index in [0.717, 1.165) is 36.6 Å². The first-order valence-corrected chi connectivity index (χ1v) is 5.43. The van der Waals surface area contributed by atoms with Gasteiger partial charge in [0.2, 0.25) is 0 Å². The lowest BCUT2D eigenvalue weighted by atomic mass is 10.2. The standard InChI is InChI=1S/C12H20N2O2/c1-15-11-4-5-12(16-2)10(8-11)9-14-7-3-6-13/h4-5,8,14H,3,6-7,9,13H2,1-2H3. The summed E-state index contributed by atoms with van der Waals surface area (Å²) >= 11 is 0. The predicted molar refractivity (Wildman–Crippen MR) is 64.9 cm³/mol. The van der Waals surface area contributed by atoms with Crippen LogP contribution in [-0.2, 0) is 6.54 Å². The lowest BCUT2D eigenvalue weighted by molar-refractivity contribution is 0.397. The van der Waals surface area contributed by atoms with E-state index in [0.29, 0.717) is 6.54 Å². The first-order chi connectivity index (χ1) is 7.81. The summed E-state index contributed by atoms with van der Waals surface area (Å²) in [5.41, 5.74) is 6.52. The minimum absolute atomic E-state index is 0.711. The lowest BCUT2D eigenvalue weighted by Crippen LogP contribution is -2.18. The Labute approximate surface area is 96.7 Å². The molecule has 0 heterocycles. The highest BCUT2D eigenvalue weighted by atomic mass is 16.5. The highest BCUT2D eigenvalue weighted by Crippen LogP contribution is 2.23. The Morgan fingerprint density at radius 2 is 2.06 bits per heavy atom. The predicted octanol–water partition coefficient (Wildman–Crippen LogP) is 1.14. The largest absolute Gasteiger partial charge is 0.497 e. The van der Waals surface area contributed by atoms with Crippen molar-refractivity contribution in [3.8, 4) is 11.5 Å². The smallest absolute Gasteiger partial charge is 0.123 e.